The molecule has 2 aromatic rings. The summed E-state index contributed by atoms with van der Waals surface area (Å²) in [6, 6.07) is 8.06. The molecular formula is C17H23N4O2+. The summed E-state index contributed by atoms with van der Waals surface area (Å²) in [6.45, 7) is 5.82. The predicted octanol–water partition coefficient (Wildman–Crippen LogP) is 0.886. The number of hydrogen-bond donors (Lipinski definition) is 2. The van der Waals surface area contributed by atoms with Gasteiger partial charge >= 0.3 is 0 Å². The number of likely N-dealkylation sites (tertiary alicyclic amines) is 1. The Hall–Kier alpha value is -2.21. The third-order valence-electron chi connectivity index (χ3n) is 4.65. The van der Waals surface area contributed by atoms with Crippen LogP contribution in [0.3, 0.4) is 0 Å². The van der Waals surface area contributed by atoms with E-state index in [9.17, 15) is 4.79 Å². The number of rotatable bonds is 4. The van der Waals surface area contributed by atoms with Crippen LogP contribution in [0.2, 0.25) is 0 Å². The van der Waals surface area contributed by atoms with Gasteiger partial charge in [0, 0.05) is 5.56 Å². The number of primary amides is 1. The number of nitrogens with two attached hydrogens (primary N) is 1. The Kier molecular flexibility index (Phi) is 4.43. The highest BCUT2D eigenvalue weighted by Gasteiger charge is 2.33. The average Bonchev–Trinajstić information content (AvgIpc) is 3.04. The number of nitrogens with one attached hydrogen (secondary N) is 1. The molecule has 3 atom stereocenters. The first-order chi connectivity index (χ1) is 11.0. The predicted molar refractivity (Wildman–Crippen MR) is 85.5 cm³/mol. The Morgan fingerprint density at radius 1 is 1.43 bits per heavy atom. The fourth-order valence-electron chi connectivity index (χ4n) is 3.21. The summed E-state index contributed by atoms with van der Waals surface area (Å²) < 4.78 is 5.88. The molecule has 0 bridgehead atoms. The molecule has 23 heavy (non-hydrogen) atoms. The molecule has 1 aliphatic rings. The van der Waals surface area contributed by atoms with Crippen molar-refractivity contribution in [3.8, 4) is 11.5 Å². The van der Waals surface area contributed by atoms with Crippen LogP contribution >= 0.6 is 0 Å². The molecule has 1 fully saturated rings. The van der Waals surface area contributed by atoms with Crippen LogP contribution in [0.15, 0.2) is 28.7 Å². The van der Waals surface area contributed by atoms with Gasteiger partial charge in [-0.25, -0.2) is 0 Å². The van der Waals surface area contributed by atoms with Crippen molar-refractivity contribution in [2.24, 2.45) is 11.7 Å². The van der Waals surface area contributed by atoms with Crippen molar-refractivity contribution in [2.75, 3.05) is 13.1 Å². The lowest BCUT2D eigenvalue weighted by atomic mass is 9.96. The first-order valence-corrected chi connectivity index (χ1v) is 8.09. The van der Waals surface area contributed by atoms with Gasteiger partial charge in [-0.15, -0.1) is 10.2 Å². The van der Waals surface area contributed by atoms with Crippen LogP contribution in [-0.4, -0.2) is 29.2 Å². The standard InChI is InChI=1S/C17H22N4O2/c1-11-5-3-6-13(9-11)17-20-19-16(23-17)12(2)21-8-4-7-14(10-21)15(18)22/h3,5-6,9,12,14H,4,7-8,10H2,1-2H3,(H2,18,22)/p+1/t12-,14+/m1/s1. The second-order valence-electron chi connectivity index (χ2n) is 6.39. The second kappa shape index (κ2) is 6.50. The number of aromatic nitrogens is 2. The smallest absolute Gasteiger partial charge is 0.274 e. The lowest BCUT2D eigenvalue weighted by molar-refractivity contribution is -0.938. The van der Waals surface area contributed by atoms with Gasteiger partial charge in [-0.1, -0.05) is 17.7 Å². The molecule has 6 nitrogen and oxygen atoms in total. The molecule has 3 N–H and O–H groups in total. The Balaban J connectivity index is 1.76. The van der Waals surface area contributed by atoms with Gasteiger partial charge in [0.25, 0.3) is 5.89 Å². The van der Waals surface area contributed by atoms with Gasteiger partial charge in [0.1, 0.15) is 0 Å². The van der Waals surface area contributed by atoms with Crippen molar-refractivity contribution >= 4 is 5.91 Å². The van der Waals surface area contributed by atoms with E-state index in [1.165, 1.54) is 4.90 Å². The number of benzene rings is 1. The van der Waals surface area contributed by atoms with Crippen LogP contribution in [0.5, 0.6) is 0 Å². The summed E-state index contributed by atoms with van der Waals surface area (Å²) in [6.07, 6.45) is 1.87. The van der Waals surface area contributed by atoms with Gasteiger partial charge in [0.05, 0.1) is 19.0 Å². The van der Waals surface area contributed by atoms with E-state index in [-0.39, 0.29) is 17.9 Å². The molecule has 0 radical (unpaired) electrons. The van der Waals surface area contributed by atoms with Crippen molar-refractivity contribution in [3.63, 3.8) is 0 Å². The topological polar surface area (TPSA) is 86.5 Å². The van der Waals surface area contributed by atoms with Gasteiger partial charge in [0.2, 0.25) is 11.8 Å². The fourth-order valence-corrected chi connectivity index (χ4v) is 3.21. The molecule has 1 aromatic carbocycles. The van der Waals surface area contributed by atoms with Crippen molar-refractivity contribution in [2.45, 2.75) is 32.7 Å². The van der Waals surface area contributed by atoms with E-state index in [0.717, 1.165) is 37.1 Å². The number of piperidine rings is 1. The number of carbonyl (C=O) groups is 1. The van der Waals surface area contributed by atoms with E-state index in [1.807, 2.05) is 31.2 Å². The lowest BCUT2D eigenvalue weighted by Gasteiger charge is -2.31. The maximum absolute atomic E-state index is 11.4. The molecule has 1 unspecified atom stereocenters. The van der Waals surface area contributed by atoms with Crippen LogP contribution in [0.4, 0.5) is 0 Å². The summed E-state index contributed by atoms with van der Waals surface area (Å²) in [5.41, 5.74) is 7.54. The molecule has 122 valence electrons. The van der Waals surface area contributed by atoms with Crippen molar-refractivity contribution in [3.05, 3.63) is 35.7 Å². The van der Waals surface area contributed by atoms with E-state index < -0.39 is 0 Å². The average molecular weight is 315 g/mol. The Morgan fingerprint density at radius 3 is 3.00 bits per heavy atom. The summed E-state index contributed by atoms with van der Waals surface area (Å²) in [7, 11) is 0. The Bertz CT molecular complexity index is 697. The van der Waals surface area contributed by atoms with E-state index in [4.69, 9.17) is 10.2 Å². The monoisotopic (exact) mass is 315 g/mol. The Morgan fingerprint density at radius 2 is 2.26 bits per heavy atom. The summed E-state index contributed by atoms with van der Waals surface area (Å²) in [5.74, 6) is 0.890. The zero-order valence-electron chi connectivity index (χ0n) is 13.6. The number of carbonyl (C=O) groups excluding carboxylic acids is 1. The molecule has 0 saturated carbocycles. The van der Waals surface area contributed by atoms with Crippen LogP contribution in [0.1, 0.15) is 37.3 Å². The minimum atomic E-state index is -0.208. The highest BCUT2D eigenvalue weighted by molar-refractivity contribution is 5.76. The first kappa shape index (κ1) is 15.7. The minimum Gasteiger partial charge on any atom is -0.415 e. The molecule has 1 saturated heterocycles. The summed E-state index contributed by atoms with van der Waals surface area (Å²) >= 11 is 0. The number of quaternary nitrogens is 1. The first-order valence-electron chi connectivity index (χ1n) is 8.09. The fraction of sp³-hybridized carbons (Fsp3) is 0.471. The number of nitrogens with zero attached hydrogens (tertiary/aromatic N) is 2. The van der Waals surface area contributed by atoms with Gasteiger partial charge in [-0.05, 0) is 38.8 Å². The van der Waals surface area contributed by atoms with Gasteiger partial charge in [-0.3, -0.25) is 4.79 Å². The summed E-state index contributed by atoms with van der Waals surface area (Å²) in [4.78, 5) is 12.7. The highest BCUT2D eigenvalue weighted by Crippen LogP contribution is 2.21. The van der Waals surface area contributed by atoms with Crippen molar-refractivity contribution in [1.29, 1.82) is 0 Å². The molecule has 6 heteroatoms. The molecular weight excluding hydrogens is 292 g/mol. The number of aryl methyl sites for hydroxylation is 1. The SMILES string of the molecule is Cc1cccc(-c2nnc([C@@H](C)[NH+]3CCC[C@H](C(N)=O)C3)o2)c1. The zero-order chi connectivity index (χ0) is 16.4. The minimum absolute atomic E-state index is 0.0552. The highest BCUT2D eigenvalue weighted by atomic mass is 16.4. The van der Waals surface area contributed by atoms with Gasteiger partial charge in [0.15, 0.2) is 6.04 Å². The maximum Gasteiger partial charge on any atom is 0.274 e. The molecule has 1 aromatic heterocycles. The van der Waals surface area contributed by atoms with E-state index in [1.54, 1.807) is 0 Å². The molecule has 0 aliphatic carbocycles. The normalized spacial score (nSPS) is 22.7. The molecule has 1 aliphatic heterocycles. The zero-order valence-corrected chi connectivity index (χ0v) is 13.6. The van der Waals surface area contributed by atoms with E-state index >= 15 is 0 Å². The molecule has 1 amide bonds. The molecule has 2 heterocycles. The number of hydrogen-bond acceptors (Lipinski definition) is 4. The molecule has 0 spiro atoms. The van der Waals surface area contributed by atoms with Gasteiger partial charge < -0.3 is 15.1 Å². The van der Waals surface area contributed by atoms with Crippen LogP contribution in [-0.2, 0) is 4.79 Å². The van der Waals surface area contributed by atoms with Crippen molar-refractivity contribution in [1.82, 2.24) is 10.2 Å². The second-order valence-corrected chi connectivity index (χ2v) is 6.39. The van der Waals surface area contributed by atoms with Crippen LogP contribution in [0.25, 0.3) is 11.5 Å². The van der Waals surface area contributed by atoms with Crippen LogP contribution < -0.4 is 10.6 Å². The Labute approximate surface area is 135 Å². The van der Waals surface area contributed by atoms with E-state index in [2.05, 4.69) is 17.1 Å². The van der Waals surface area contributed by atoms with E-state index in [0.29, 0.717) is 11.8 Å². The summed E-state index contributed by atoms with van der Waals surface area (Å²) in [5, 5.41) is 8.39. The lowest BCUT2D eigenvalue weighted by Crippen LogP contribution is -3.13. The third kappa shape index (κ3) is 3.42. The van der Waals surface area contributed by atoms with Gasteiger partial charge in [-0.2, -0.15) is 0 Å². The van der Waals surface area contributed by atoms with Crippen LogP contribution in [0, 0.1) is 12.8 Å². The largest absolute Gasteiger partial charge is 0.415 e. The van der Waals surface area contributed by atoms with Crippen molar-refractivity contribution < 1.29 is 14.1 Å². The number of amides is 1. The maximum atomic E-state index is 11.4. The quantitative estimate of drug-likeness (QED) is 0.877. The molecule has 3 rings (SSSR count). The third-order valence-corrected chi connectivity index (χ3v) is 4.65.